The number of phosphoric acid groups is 1. The number of rotatable bonds is 28. The van der Waals surface area contributed by atoms with Crippen LogP contribution in [0.25, 0.3) is 0 Å². The van der Waals surface area contributed by atoms with E-state index in [4.69, 9.17) is 24.3 Å². The van der Waals surface area contributed by atoms with Gasteiger partial charge in [-0.2, -0.15) is 0 Å². The fourth-order valence-corrected chi connectivity index (χ4v) is 4.63. The van der Waals surface area contributed by atoms with Gasteiger partial charge >= 0.3 is 19.8 Å². The molecule has 0 aromatic carbocycles. The Morgan fingerprint density at radius 3 is 1.87 bits per heavy atom. The molecule has 39 heavy (non-hydrogen) atoms. The van der Waals surface area contributed by atoms with E-state index in [1.807, 2.05) is 0 Å². The van der Waals surface area contributed by atoms with Crippen molar-refractivity contribution in [1.29, 1.82) is 0 Å². The zero-order valence-corrected chi connectivity index (χ0v) is 25.5. The molecule has 230 valence electrons. The van der Waals surface area contributed by atoms with Gasteiger partial charge in [-0.25, -0.2) is 4.57 Å². The molecular weight excluding hydrogens is 521 g/mol. The number of unbranched alkanes of at least 4 members (excludes halogenated alkanes) is 13. The Hall–Kier alpha value is -1.25. The second-order valence-corrected chi connectivity index (χ2v) is 11.4. The maximum atomic E-state index is 12.4. The molecule has 2 atom stereocenters. The van der Waals surface area contributed by atoms with Crippen molar-refractivity contribution < 1.29 is 37.6 Å². The lowest BCUT2D eigenvalue weighted by Crippen LogP contribution is -2.29. The van der Waals surface area contributed by atoms with Gasteiger partial charge < -0.3 is 20.1 Å². The first kappa shape index (κ1) is 37.8. The lowest BCUT2D eigenvalue weighted by Gasteiger charge is -2.19. The first-order valence-corrected chi connectivity index (χ1v) is 16.7. The first-order valence-electron chi connectivity index (χ1n) is 15.2. The summed E-state index contributed by atoms with van der Waals surface area (Å²) in [5.41, 5.74) is 5.29. The molecule has 0 heterocycles. The molecule has 0 rings (SSSR count). The summed E-state index contributed by atoms with van der Waals surface area (Å²) in [7, 11) is -4.35. The molecule has 9 nitrogen and oxygen atoms in total. The van der Waals surface area contributed by atoms with Crippen molar-refractivity contribution in [2.75, 3.05) is 26.4 Å². The molecule has 0 aromatic rings. The highest BCUT2D eigenvalue weighted by Crippen LogP contribution is 2.43. The molecule has 0 radical (unpaired) electrons. The van der Waals surface area contributed by atoms with E-state index < -0.39 is 32.5 Å². The van der Waals surface area contributed by atoms with Crippen LogP contribution in [0.15, 0.2) is 12.2 Å². The SMILES string of the molecule is CCCCC/C=C\CCCCCCCC(=O)OC(COC(=O)CCCCCCCC)COP(=O)(O)OCCN. The van der Waals surface area contributed by atoms with Gasteiger partial charge in [0, 0.05) is 19.4 Å². The largest absolute Gasteiger partial charge is 0.472 e. The van der Waals surface area contributed by atoms with E-state index in [0.717, 1.165) is 64.2 Å². The van der Waals surface area contributed by atoms with Crippen molar-refractivity contribution in [2.24, 2.45) is 5.73 Å². The van der Waals surface area contributed by atoms with Gasteiger partial charge in [-0.05, 0) is 38.5 Å². The molecule has 0 fully saturated rings. The normalized spacial score (nSPS) is 13.8. The molecule has 2 unspecified atom stereocenters. The van der Waals surface area contributed by atoms with Crippen LogP contribution in [0.4, 0.5) is 0 Å². The first-order chi connectivity index (χ1) is 18.8. The highest BCUT2D eigenvalue weighted by atomic mass is 31.2. The van der Waals surface area contributed by atoms with Crippen molar-refractivity contribution in [3.63, 3.8) is 0 Å². The molecule has 0 aliphatic carbocycles. The van der Waals surface area contributed by atoms with E-state index in [1.54, 1.807) is 0 Å². The number of nitrogens with two attached hydrogens (primary N) is 1. The second-order valence-electron chi connectivity index (χ2n) is 9.97. The van der Waals surface area contributed by atoms with Crippen LogP contribution in [0.3, 0.4) is 0 Å². The third-order valence-electron chi connectivity index (χ3n) is 6.15. The van der Waals surface area contributed by atoms with Crippen molar-refractivity contribution in [3.8, 4) is 0 Å². The van der Waals surface area contributed by atoms with E-state index in [2.05, 4.69) is 26.0 Å². The van der Waals surface area contributed by atoms with Gasteiger partial charge in [0.2, 0.25) is 0 Å². The maximum Gasteiger partial charge on any atom is 0.472 e. The minimum atomic E-state index is -4.35. The fraction of sp³-hybridized carbons (Fsp3) is 0.862. The number of hydrogen-bond acceptors (Lipinski definition) is 8. The van der Waals surface area contributed by atoms with Crippen LogP contribution in [-0.4, -0.2) is 49.3 Å². The van der Waals surface area contributed by atoms with Gasteiger partial charge in [-0.1, -0.05) is 90.2 Å². The molecule has 0 aliphatic rings. The van der Waals surface area contributed by atoms with Gasteiger partial charge in [-0.15, -0.1) is 0 Å². The highest BCUT2D eigenvalue weighted by molar-refractivity contribution is 7.47. The van der Waals surface area contributed by atoms with E-state index in [9.17, 15) is 19.0 Å². The molecule has 0 amide bonds. The zero-order valence-electron chi connectivity index (χ0n) is 24.6. The van der Waals surface area contributed by atoms with Crippen molar-refractivity contribution in [1.82, 2.24) is 0 Å². The van der Waals surface area contributed by atoms with E-state index >= 15 is 0 Å². The monoisotopic (exact) mass is 577 g/mol. The molecule has 0 spiro atoms. The van der Waals surface area contributed by atoms with Crippen LogP contribution in [0, 0.1) is 0 Å². The van der Waals surface area contributed by atoms with E-state index in [-0.39, 0.29) is 32.6 Å². The average Bonchev–Trinajstić information content (AvgIpc) is 2.91. The molecule has 0 saturated heterocycles. The molecule has 0 saturated carbocycles. The second kappa shape index (κ2) is 26.9. The molecule has 10 heteroatoms. The average molecular weight is 578 g/mol. The quantitative estimate of drug-likeness (QED) is 0.0430. The molecule has 0 bridgehead atoms. The summed E-state index contributed by atoms with van der Waals surface area (Å²) in [6, 6.07) is 0. The lowest BCUT2D eigenvalue weighted by molar-refractivity contribution is -0.161. The summed E-state index contributed by atoms with van der Waals surface area (Å²) in [5.74, 6) is -0.852. The van der Waals surface area contributed by atoms with Gasteiger partial charge in [0.05, 0.1) is 13.2 Å². The number of carbonyl (C=O) groups excluding carboxylic acids is 2. The van der Waals surface area contributed by atoms with Gasteiger partial charge in [0.25, 0.3) is 0 Å². The van der Waals surface area contributed by atoms with Crippen molar-refractivity contribution in [3.05, 3.63) is 12.2 Å². The third kappa shape index (κ3) is 26.7. The molecular formula is C29H56NO8P. The Balaban J connectivity index is 4.33. The lowest BCUT2D eigenvalue weighted by atomic mass is 10.1. The summed E-state index contributed by atoms with van der Waals surface area (Å²) in [4.78, 5) is 34.2. The number of carbonyl (C=O) groups is 2. The predicted octanol–water partition coefficient (Wildman–Crippen LogP) is 7.15. The summed E-state index contributed by atoms with van der Waals surface area (Å²) in [6.07, 6.45) is 21.3. The Bertz CT molecular complexity index is 674. The molecule has 0 aliphatic heterocycles. The number of allylic oxidation sites excluding steroid dienone is 2. The van der Waals surface area contributed by atoms with Crippen molar-refractivity contribution in [2.45, 2.75) is 136 Å². The standard InChI is InChI=1S/C29H56NO8P/c1-3-5-7-9-11-12-13-14-15-16-18-20-22-29(32)38-27(26-37-39(33,34)36-24-23-30)25-35-28(31)21-19-17-10-8-6-4-2/h11-12,27H,3-10,13-26,30H2,1-2H3,(H,33,34)/b12-11-. The van der Waals surface area contributed by atoms with E-state index in [1.165, 1.54) is 32.1 Å². The summed E-state index contributed by atoms with van der Waals surface area (Å²) in [6.45, 7) is 3.59. The minimum Gasteiger partial charge on any atom is -0.462 e. The minimum absolute atomic E-state index is 0.0537. The fourth-order valence-electron chi connectivity index (χ4n) is 3.86. The summed E-state index contributed by atoms with van der Waals surface area (Å²) < 4.78 is 32.3. The molecule has 3 N–H and O–H groups in total. The summed E-state index contributed by atoms with van der Waals surface area (Å²) >= 11 is 0. The Labute approximate surface area is 237 Å². The number of hydrogen-bond donors (Lipinski definition) is 2. The van der Waals surface area contributed by atoms with Crippen LogP contribution in [0.1, 0.15) is 129 Å². The number of phosphoric ester groups is 1. The predicted molar refractivity (Wildman–Crippen MR) is 155 cm³/mol. The van der Waals surface area contributed by atoms with E-state index in [0.29, 0.717) is 6.42 Å². The van der Waals surface area contributed by atoms with Crippen LogP contribution in [0.5, 0.6) is 0 Å². The number of esters is 2. The van der Waals surface area contributed by atoms with Crippen LogP contribution >= 0.6 is 7.82 Å². The smallest absolute Gasteiger partial charge is 0.462 e. The van der Waals surface area contributed by atoms with Crippen LogP contribution in [0.2, 0.25) is 0 Å². The molecule has 0 aromatic heterocycles. The third-order valence-corrected chi connectivity index (χ3v) is 7.14. The topological polar surface area (TPSA) is 134 Å². The van der Waals surface area contributed by atoms with Gasteiger partial charge in [0.15, 0.2) is 6.10 Å². The Morgan fingerprint density at radius 1 is 0.744 bits per heavy atom. The van der Waals surface area contributed by atoms with Crippen LogP contribution < -0.4 is 5.73 Å². The Morgan fingerprint density at radius 2 is 1.26 bits per heavy atom. The summed E-state index contributed by atoms with van der Waals surface area (Å²) in [5, 5.41) is 0. The van der Waals surface area contributed by atoms with Gasteiger partial charge in [0.1, 0.15) is 6.61 Å². The van der Waals surface area contributed by atoms with Gasteiger partial charge in [-0.3, -0.25) is 18.6 Å². The van der Waals surface area contributed by atoms with Crippen molar-refractivity contribution >= 4 is 19.8 Å². The maximum absolute atomic E-state index is 12.4. The Kier molecular flexibility index (Phi) is 26.1. The number of ether oxygens (including phenoxy) is 2. The highest BCUT2D eigenvalue weighted by Gasteiger charge is 2.25. The van der Waals surface area contributed by atoms with Crippen LogP contribution in [-0.2, 0) is 32.7 Å². The zero-order chi connectivity index (χ0) is 29.0.